The Morgan fingerprint density at radius 1 is 1.53 bits per heavy atom. The number of carbonyl (C=O) groups is 2. The lowest BCUT2D eigenvalue weighted by Crippen LogP contribution is -2.43. The molecule has 1 aromatic heterocycles. The van der Waals surface area contributed by atoms with Crippen molar-refractivity contribution in [3.63, 3.8) is 0 Å². The van der Waals surface area contributed by atoms with Crippen LogP contribution in [0.4, 0.5) is 0 Å². The molecule has 5 nitrogen and oxygen atoms in total. The van der Waals surface area contributed by atoms with Crippen molar-refractivity contribution >= 4 is 23.2 Å². The van der Waals surface area contributed by atoms with Crippen LogP contribution < -0.4 is 5.32 Å². The predicted octanol–water partition coefficient (Wildman–Crippen LogP) is 0.506. The molecule has 0 aliphatic carbocycles. The first-order valence-electron chi connectivity index (χ1n) is 5.29. The zero-order chi connectivity index (χ0) is 12.3. The number of hydrogen-bond donors (Lipinski definition) is 2. The highest BCUT2D eigenvalue weighted by Crippen LogP contribution is 2.15. The SMILES string of the molecule is O=C(Cc1cccs1)NC1COCC1C(=O)O. The molecule has 0 saturated carbocycles. The Kier molecular flexibility index (Phi) is 3.75. The average molecular weight is 255 g/mol. The molecule has 1 aliphatic rings. The summed E-state index contributed by atoms with van der Waals surface area (Å²) in [5.74, 6) is -1.72. The Balaban J connectivity index is 1.88. The third-order valence-corrected chi connectivity index (χ3v) is 3.54. The van der Waals surface area contributed by atoms with Gasteiger partial charge in [0.15, 0.2) is 0 Å². The van der Waals surface area contributed by atoms with Crippen molar-refractivity contribution in [1.29, 1.82) is 0 Å². The Morgan fingerprint density at radius 2 is 2.35 bits per heavy atom. The fraction of sp³-hybridized carbons (Fsp3) is 0.455. The molecule has 2 unspecified atom stereocenters. The molecule has 1 amide bonds. The number of rotatable bonds is 4. The molecule has 2 atom stereocenters. The van der Waals surface area contributed by atoms with E-state index in [0.29, 0.717) is 6.42 Å². The minimum atomic E-state index is -0.927. The van der Waals surface area contributed by atoms with Gasteiger partial charge < -0.3 is 15.2 Å². The average Bonchev–Trinajstić information content (AvgIpc) is 2.88. The lowest BCUT2D eigenvalue weighted by Gasteiger charge is -2.15. The summed E-state index contributed by atoms with van der Waals surface area (Å²) < 4.78 is 5.07. The molecule has 1 saturated heterocycles. The summed E-state index contributed by atoms with van der Waals surface area (Å²) in [4.78, 5) is 23.5. The summed E-state index contributed by atoms with van der Waals surface area (Å²) in [5, 5.41) is 13.5. The number of carboxylic acids is 1. The van der Waals surface area contributed by atoms with Crippen LogP contribution >= 0.6 is 11.3 Å². The molecule has 6 heteroatoms. The molecule has 1 aliphatic heterocycles. The van der Waals surface area contributed by atoms with Crippen LogP contribution in [0.1, 0.15) is 4.88 Å². The second-order valence-electron chi connectivity index (χ2n) is 3.91. The molecule has 2 rings (SSSR count). The molecule has 92 valence electrons. The standard InChI is InChI=1S/C11H13NO4S/c13-10(4-7-2-1-3-17-7)12-9-6-16-5-8(9)11(14)15/h1-3,8-9H,4-6H2,(H,12,13)(H,14,15). The fourth-order valence-corrected chi connectivity index (χ4v) is 2.47. The largest absolute Gasteiger partial charge is 0.481 e. The summed E-state index contributed by atoms with van der Waals surface area (Å²) in [6.45, 7) is 0.437. The molecular formula is C11H13NO4S. The van der Waals surface area contributed by atoms with Gasteiger partial charge in [0, 0.05) is 4.88 Å². The van der Waals surface area contributed by atoms with Gasteiger partial charge in [0.05, 0.1) is 25.7 Å². The van der Waals surface area contributed by atoms with E-state index in [1.807, 2.05) is 17.5 Å². The molecule has 0 radical (unpaired) electrons. The maximum absolute atomic E-state index is 11.7. The van der Waals surface area contributed by atoms with E-state index < -0.39 is 17.9 Å². The summed E-state index contributed by atoms with van der Waals surface area (Å²) >= 11 is 1.51. The van der Waals surface area contributed by atoms with E-state index in [4.69, 9.17) is 9.84 Å². The number of amides is 1. The van der Waals surface area contributed by atoms with Crippen molar-refractivity contribution in [3.8, 4) is 0 Å². The zero-order valence-corrected chi connectivity index (χ0v) is 9.90. The number of nitrogens with one attached hydrogen (secondary N) is 1. The normalized spacial score (nSPS) is 23.5. The van der Waals surface area contributed by atoms with Crippen molar-refractivity contribution in [2.75, 3.05) is 13.2 Å². The molecule has 2 N–H and O–H groups in total. The van der Waals surface area contributed by atoms with Gasteiger partial charge in [0.1, 0.15) is 5.92 Å². The lowest BCUT2D eigenvalue weighted by molar-refractivity contribution is -0.142. The van der Waals surface area contributed by atoms with Gasteiger partial charge in [-0.3, -0.25) is 9.59 Å². The molecule has 2 heterocycles. The molecule has 1 aromatic rings. The molecule has 17 heavy (non-hydrogen) atoms. The van der Waals surface area contributed by atoms with E-state index in [2.05, 4.69) is 5.32 Å². The van der Waals surface area contributed by atoms with E-state index in [0.717, 1.165) is 4.88 Å². The second kappa shape index (κ2) is 5.29. The van der Waals surface area contributed by atoms with E-state index in [9.17, 15) is 9.59 Å². The zero-order valence-electron chi connectivity index (χ0n) is 9.09. The van der Waals surface area contributed by atoms with Gasteiger partial charge in [-0.05, 0) is 11.4 Å². The molecule has 0 bridgehead atoms. The number of carbonyl (C=O) groups excluding carboxylic acids is 1. The third-order valence-electron chi connectivity index (χ3n) is 2.66. The number of thiophene rings is 1. The van der Waals surface area contributed by atoms with Crippen molar-refractivity contribution in [1.82, 2.24) is 5.32 Å². The van der Waals surface area contributed by atoms with Crippen LogP contribution in [0.5, 0.6) is 0 Å². The summed E-state index contributed by atoms with van der Waals surface area (Å²) in [7, 11) is 0. The maximum atomic E-state index is 11.7. The number of hydrogen-bond acceptors (Lipinski definition) is 4. The molecular weight excluding hydrogens is 242 g/mol. The van der Waals surface area contributed by atoms with E-state index >= 15 is 0 Å². The second-order valence-corrected chi connectivity index (χ2v) is 4.94. The van der Waals surface area contributed by atoms with Crippen LogP contribution in [0, 0.1) is 5.92 Å². The Hall–Kier alpha value is -1.40. The van der Waals surface area contributed by atoms with Crippen LogP contribution in [-0.4, -0.2) is 36.2 Å². The van der Waals surface area contributed by atoms with Gasteiger partial charge in [-0.15, -0.1) is 11.3 Å². The highest BCUT2D eigenvalue weighted by atomic mass is 32.1. The minimum Gasteiger partial charge on any atom is -0.481 e. The summed E-state index contributed by atoms with van der Waals surface area (Å²) in [5.41, 5.74) is 0. The van der Waals surface area contributed by atoms with Gasteiger partial charge in [0.25, 0.3) is 0 Å². The topological polar surface area (TPSA) is 75.6 Å². The predicted molar refractivity (Wildman–Crippen MR) is 61.9 cm³/mol. The van der Waals surface area contributed by atoms with E-state index in [1.165, 1.54) is 11.3 Å². The first kappa shape index (κ1) is 12.1. The van der Waals surface area contributed by atoms with Crippen LogP contribution in [0.3, 0.4) is 0 Å². The van der Waals surface area contributed by atoms with Crippen molar-refractivity contribution in [2.24, 2.45) is 5.92 Å². The third kappa shape index (κ3) is 3.04. The highest BCUT2D eigenvalue weighted by molar-refractivity contribution is 7.10. The molecule has 0 aromatic carbocycles. The molecule has 0 spiro atoms. The van der Waals surface area contributed by atoms with E-state index in [1.54, 1.807) is 0 Å². The fourth-order valence-electron chi connectivity index (χ4n) is 1.77. The first-order valence-corrected chi connectivity index (χ1v) is 6.17. The summed E-state index contributed by atoms with van der Waals surface area (Å²) in [6.07, 6.45) is 0.292. The Morgan fingerprint density at radius 3 is 3.00 bits per heavy atom. The van der Waals surface area contributed by atoms with Crippen LogP contribution in [0.25, 0.3) is 0 Å². The Bertz CT molecular complexity index is 404. The van der Waals surface area contributed by atoms with Crippen molar-refractivity contribution in [3.05, 3.63) is 22.4 Å². The number of aliphatic carboxylic acids is 1. The van der Waals surface area contributed by atoms with Crippen LogP contribution in [-0.2, 0) is 20.7 Å². The van der Waals surface area contributed by atoms with E-state index in [-0.39, 0.29) is 19.1 Å². The van der Waals surface area contributed by atoms with Gasteiger partial charge in [-0.2, -0.15) is 0 Å². The Labute approximate surface area is 102 Å². The smallest absolute Gasteiger partial charge is 0.311 e. The number of ether oxygens (including phenoxy) is 1. The van der Waals surface area contributed by atoms with Crippen LogP contribution in [0.15, 0.2) is 17.5 Å². The van der Waals surface area contributed by atoms with Crippen molar-refractivity contribution in [2.45, 2.75) is 12.5 Å². The first-order chi connectivity index (χ1) is 8.16. The monoisotopic (exact) mass is 255 g/mol. The van der Waals surface area contributed by atoms with Gasteiger partial charge >= 0.3 is 5.97 Å². The quantitative estimate of drug-likeness (QED) is 0.821. The van der Waals surface area contributed by atoms with Crippen LogP contribution in [0.2, 0.25) is 0 Å². The lowest BCUT2D eigenvalue weighted by atomic mass is 10.0. The van der Waals surface area contributed by atoms with Gasteiger partial charge in [-0.25, -0.2) is 0 Å². The van der Waals surface area contributed by atoms with Gasteiger partial charge in [0.2, 0.25) is 5.91 Å². The van der Waals surface area contributed by atoms with Gasteiger partial charge in [-0.1, -0.05) is 6.07 Å². The minimum absolute atomic E-state index is 0.158. The van der Waals surface area contributed by atoms with Crippen molar-refractivity contribution < 1.29 is 19.4 Å². The summed E-state index contributed by atoms with van der Waals surface area (Å²) in [6, 6.07) is 3.34. The maximum Gasteiger partial charge on any atom is 0.311 e. The highest BCUT2D eigenvalue weighted by Gasteiger charge is 2.34. The number of carboxylic acid groups (broad SMARTS) is 1. The molecule has 1 fully saturated rings.